The van der Waals surface area contributed by atoms with Gasteiger partial charge in [-0.3, -0.25) is 0 Å². The van der Waals surface area contributed by atoms with Crippen LogP contribution in [0.1, 0.15) is 32.3 Å². The topological polar surface area (TPSA) is 40.6 Å². The first-order valence-corrected chi connectivity index (χ1v) is 9.08. The van der Waals surface area contributed by atoms with Gasteiger partial charge in [0.05, 0.1) is 4.90 Å². The molecule has 0 aliphatic carbocycles. The summed E-state index contributed by atoms with van der Waals surface area (Å²) in [6, 6.07) is 7.58. The maximum atomic E-state index is 12.5. The smallest absolute Gasteiger partial charge is 0.243 e. The molecule has 21 heavy (non-hydrogen) atoms. The fraction of sp³-hybridized carbons (Fsp3) is 0.625. The minimum atomic E-state index is -3.31. The Labute approximate surface area is 129 Å². The number of aryl methyl sites for hydroxylation is 1. The summed E-state index contributed by atoms with van der Waals surface area (Å²) in [5.74, 6) is 0. The van der Waals surface area contributed by atoms with E-state index in [0.29, 0.717) is 24.0 Å². The molecule has 1 saturated heterocycles. The van der Waals surface area contributed by atoms with Crippen LogP contribution in [0.25, 0.3) is 0 Å². The summed E-state index contributed by atoms with van der Waals surface area (Å²) in [4.78, 5) is 2.58. The van der Waals surface area contributed by atoms with Crippen LogP contribution >= 0.6 is 0 Å². The molecule has 0 amide bonds. The van der Waals surface area contributed by atoms with Gasteiger partial charge in [-0.2, -0.15) is 4.31 Å². The zero-order valence-corrected chi connectivity index (χ0v) is 14.7. The van der Waals surface area contributed by atoms with Crippen molar-refractivity contribution in [3.63, 3.8) is 0 Å². The molecule has 5 heteroatoms. The number of hydrogen-bond acceptors (Lipinski definition) is 3. The van der Waals surface area contributed by atoms with E-state index in [1.54, 1.807) is 16.4 Å². The molecule has 0 saturated carbocycles. The van der Waals surface area contributed by atoms with Crippen molar-refractivity contribution in [3.05, 3.63) is 29.8 Å². The molecule has 0 bridgehead atoms. The van der Waals surface area contributed by atoms with Gasteiger partial charge in [0.25, 0.3) is 0 Å². The molecular formula is C16H28N2O2S. The van der Waals surface area contributed by atoms with Crippen LogP contribution in [0.2, 0.25) is 0 Å². The molecule has 0 spiro atoms. The third-order valence-corrected chi connectivity index (χ3v) is 5.73. The fourth-order valence-electron chi connectivity index (χ4n) is 2.46. The SMILES string of the molecule is CC.Cc1ccc(S(=O)(=O)N2CCC(N(C)C)CC2)cc1. The highest BCUT2D eigenvalue weighted by molar-refractivity contribution is 7.89. The summed E-state index contributed by atoms with van der Waals surface area (Å²) in [6.45, 7) is 7.18. The molecule has 1 heterocycles. The van der Waals surface area contributed by atoms with Crippen molar-refractivity contribution in [2.75, 3.05) is 27.2 Å². The highest BCUT2D eigenvalue weighted by Gasteiger charge is 2.29. The Morgan fingerprint density at radius 1 is 1.05 bits per heavy atom. The van der Waals surface area contributed by atoms with Crippen molar-refractivity contribution in [2.24, 2.45) is 0 Å². The predicted molar refractivity (Wildman–Crippen MR) is 88.0 cm³/mol. The molecule has 0 atom stereocenters. The summed E-state index contributed by atoms with van der Waals surface area (Å²) < 4.78 is 26.6. The molecular weight excluding hydrogens is 284 g/mol. The van der Waals surface area contributed by atoms with Crippen LogP contribution < -0.4 is 0 Å². The first-order valence-electron chi connectivity index (χ1n) is 7.64. The van der Waals surface area contributed by atoms with Crippen molar-refractivity contribution in [1.29, 1.82) is 0 Å². The molecule has 0 unspecified atom stereocenters. The number of piperidine rings is 1. The second-order valence-electron chi connectivity index (χ2n) is 5.41. The highest BCUT2D eigenvalue weighted by atomic mass is 32.2. The Balaban J connectivity index is 0.00000106. The van der Waals surface area contributed by atoms with E-state index in [1.165, 1.54) is 0 Å². The summed E-state index contributed by atoms with van der Waals surface area (Å²) in [5, 5.41) is 0. The summed E-state index contributed by atoms with van der Waals surface area (Å²) in [7, 11) is 0.788. The second-order valence-corrected chi connectivity index (χ2v) is 7.35. The van der Waals surface area contributed by atoms with E-state index >= 15 is 0 Å². The molecule has 1 aliphatic heterocycles. The lowest BCUT2D eigenvalue weighted by molar-refractivity contribution is 0.196. The number of benzene rings is 1. The molecule has 0 aromatic heterocycles. The van der Waals surface area contributed by atoms with Gasteiger partial charge in [-0.15, -0.1) is 0 Å². The second kappa shape index (κ2) is 7.92. The molecule has 1 aliphatic rings. The minimum Gasteiger partial charge on any atom is -0.306 e. The van der Waals surface area contributed by atoms with Crippen molar-refractivity contribution in [1.82, 2.24) is 9.21 Å². The Morgan fingerprint density at radius 2 is 1.52 bits per heavy atom. The van der Waals surface area contributed by atoms with Gasteiger partial charge in [-0.25, -0.2) is 8.42 Å². The van der Waals surface area contributed by atoms with Crippen LogP contribution in [0.15, 0.2) is 29.2 Å². The van der Waals surface area contributed by atoms with E-state index in [0.717, 1.165) is 18.4 Å². The molecule has 4 nitrogen and oxygen atoms in total. The molecule has 0 N–H and O–H groups in total. The van der Waals surface area contributed by atoms with Crippen LogP contribution in [0.4, 0.5) is 0 Å². The molecule has 0 radical (unpaired) electrons. The summed E-state index contributed by atoms with van der Waals surface area (Å²) >= 11 is 0. The van der Waals surface area contributed by atoms with Gasteiger partial charge in [-0.1, -0.05) is 31.5 Å². The van der Waals surface area contributed by atoms with Gasteiger partial charge in [0.15, 0.2) is 0 Å². The van der Waals surface area contributed by atoms with Crippen LogP contribution in [0.3, 0.4) is 0 Å². The normalized spacial score (nSPS) is 17.4. The summed E-state index contributed by atoms with van der Waals surface area (Å²) in [6.07, 6.45) is 1.80. The fourth-order valence-corrected chi connectivity index (χ4v) is 3.93. The largest absolute Gasteiger partial charge is 0.306 e. The van der Waals surface area contributed by atoms with Crippen LogP contribution in [-0.4, -0.2) is 50.8 Å². The van der Waals surface area contributed by atoms with E-state index in [9.17, 15) is 8.42 Å². The van der Waals surface area contributed by atoms with Gasteiger partial charge in [0.1, 0.15) is 0 Å². The average molecular weight is 312 g/mol. The standard InChI is InChI=1S/C14H22N2O2S.C2H6/c1-12-4-6-14(7-5-12)19(17,18)16-10-8-13(9-11-16)15(2)3;1-2/h4-7,13H,8-11H2,1-3H3;1-2H3. The van der Waals surface area contributed by atoms with Crippen LogP contribution in [0, 0.1) is 6.92 Å². The average Bonchev–Trinajstić information content (AvgIpc) is 2.50. The number of rotatable bonds is 3. The van der Waals surface area contributed by atoms with E-state index in [4.69, 9.17) is 0 Å². The Morgan fingerprint density at radius 3 is 1.95 bits per heavy atom. The first-order chi connectivity index (χ1) is 9.91. The first kappa shape index (κ1) is 18.1. The maximum Gasteiger partial charge on any atom is 0.243 e. The molecule has 1 aromatic rings. The predicted octanol–water partition coefficient (Wildman–Crippen LogP) is 2.74. The molecule has 2 rings (SSSR count). The van der Waals surface area contributed by atoms with E-state index < -0.39 is 10.0 Å². The number of hydrogen-bond donors (Lipinski definition) is 0. The van der Waals surface area contributed by atoms with Gasteiger partial charge in [-0.05, 0) is 46.0 Å². The quantitative estimate of drug-likeness (QED) is 0.861. The van der Waals surface area contributed by atoms with Crippen LogP contribution in [0.5, 0.6) is 0 Å². The van der Waals surface area contributed by atoms with Gasteiger partial charge in [0.2, 0.25) is 10.0 Å². The third kappa shape index (κ3) is 4.53. The van der Waals surface area contributed by atoms with Gasteiger partial charge in [0, 0.05) is 19.1 Å². The Kier molecular flexibility index (Phi) is 6.84. The van der Waals surface area contributed by atoms with Crippen molar-refractivity contribution < 1.29 is 8.42 Å². The molecule has 120 valence electrons. The van der Waals surface area contributed by atoms with Crippen molar-refractivity contribution in [3.8, 4) is 0 Å². The molecule has 1 aromatic carbocycles. The lowest BCUT2D eigenvalue weighted by Crippen LogP contribution is -2.44. The Hall–Kier alpha value is -0.910. The third-order valence-electron chi connectivity index (χ3n) is 3.81. The summed E-state index contributed by atoms with van der Waals surface area (Å²) in [5.41, 5.74) is 1.07. The Bertz CT molecular complexity index is 516. The van der Waals surface area contributed by atoms with Crippen LogP contribution in [-0.2, 0) is 10.0 Å². The number of nitrogens with zero attached hydrogens (tertiary/aromatic N) is 2. The minimum absolute atomic E-state index is 0.404. The van der Waals surface area contributed by atoms with E-state index in [-0.39, 0.29) is 0 Å². The van der Waals surface area contributed by atoms with Crippen molar-refractivity contribution in [2.45, 2.75) is 44.6 Å². The number of sulfonamides is 1. The van der Waals surface area contributed by atoms with E-state index in [1.807, 2.05) is 32.9 Å². The van der Waals surface area contributed by atoms with Crippen molar-refractivity contribution >= 4 is 10.0 Å². The van der Waals surface area contributed by atoms with Gasteiger partial charge < -0.3 is 4.90 Å². The maximum absolute atomic E-state index is 12.5. The molecule has 1 fully saturated rings. The zero-order valence-electron chi connectivity index (χ0n) is 13.8. The monoisotopic (exact) mass is 312 g/mol. The van der Waals surface area contributed by atoms with E-state index in [2.05, 4.69) is 19.0 Å². The zero-order chi connectivity index (χ0) is 16.0. The highest BCUT2D eigenvalue weighted by Crippen LogP contribution is 2.22. The van der Waals surface area contributed by atoms with Gasteiger partial charge >= 0.3 is 0 Å². The lowest BCUT2D eigenvalue weighted by atomic mass is 10.1. The lowest BCUT2D eigenvalue weighted by Gasteiger charge is -2.34.